The number of ether oxygens (including phenoxy) is 2. The zero-order valence-electron chi connectivity index (χ0n) is 11.9. The number of rotatable bonds is 7. The van der Waals surface area contributed by atoms with Gasteiger partial charge in [-0.25, -0.2) is 0 Å². The number of para-hydroxylation sites is 1. The van der Waals surface area contributed by atoms with E-state index in [4.69, 9.17) is 15.2 Å². The highest BCUT2D eigenvalue weighted by Gasteiger charge is 2.12. The molecule has 1 rings (SSSR count). The van der Waals surface area contributed by atoms with Crippen molar-refractivity contribution in [3.63, 3.8) is 0 Å². The van der Waals surface area contributed by atoms with Crippen LogP contribution in [0.5, 0.6) is 11.5 Å². The summed E-state index contributed by atoms with van der Waals surface area (Å²) in [5.74, 6) is 2.16. The maximum Gasteiger partial charge on any atom is 0.164 e. The molecule has 0 aliphatic rings. The van der Waals surface area contributed by atoms with Gasteiger partial charge in [0.1, 0.15) is 0 Å². The maximum atomic E-state index is 5.90. The van der Waals surface area contributed by atoms with E-state index in [9.17, 15) is 0 Å². The third-order valence-corrected chi connectivity index (χ3v) is 2.46. The first-order chi connectivity index (χ1) is 8.54. The fourth-order valence-electron chi connectivity index (χ4n) is 1.75. The van der Waals surface area contributed by atoms with Crippen molar-refractivity contribution in [3.05, 3.63) is 23.8 Å². The van der Waals surface area contributed by atoms with Crippen LogP contribution in [0.25, 0.3) is 0 Å². The van der Waals surface area contributed by atoms with Crippen LogP contribution in [0.4, 0.5) is 0 Å². The highest BCUT2D eigenvalue weighted by molar-refractivity contribution is 5.47. The molecule has 102 valence electrons. The van der Waals surface area contributed by atoms with Crippen LogP contribution in [0.15, 0.2) is 18.2 Å². The lowest BCUT2D eigenvalue weighted by Crippen LogP contribution is -2.19. The summed E-state index contributed by atoms with van der Waals surface area (Å²) in [5, 5.41) is 0. The van der Waals surface area contributed by atoms with E-state index in [0.29, 0.717) is 19.1 Å². The second kappa shape index (κ2) is 7.27. The van der Waals surface area contributed by atoms with Crippen molar-refractivity contribution in [1.82, 2.24) is 0 Å². The Morgan fingerprint density at radius 2 is 1.89 bits per heavy atom. The third-order valence-electron chi connectivity index (χ3n) is 2.46. The topological polar surface area (TPSA) is 44.5 Å². The van der Waals surface area contributed by atoms with Crippen molar-refractivity contribution in [3.8, 4) is 11.5 Å². The first-order valence-corrected chi connectivity index (χ1v) is 6.67. The van der Waals surface area contributed by atoms with Crippen molar-refractivity contribution in [2.45, 2.75) is 40.2 Å². The molecule has 1 aromatic carbocycles. The summed E-state index contributed by atoms with van der Waals surface area (Å²) in [6, 6.07) is 6.11. The van der Waals surface area contributed by atoms with Gasteiger partial charge in [0.2, 0.25) is 0 Å². The Hall–Kier alpha value is -1.22. The molecular weight excluding hydrogens is 226 g/mol. The van der Waals surface area contributed by atoms with Crippen LogP contribution in [0, 0.1) is 5.92 Å². The number of hydrogen-bond acceptors (Lipinski definition) is 3. The zero-order valence-corrected chi connectivity index (χ0v) is 11.9. The van der Waals surface area contributed by atoms with Gasteiger partial charge in [0.25, 0.3) is 0 Å². The molecule has 0 aliphatic carbocycles. The van der Waals surface area contributed by atoms with Crippen molar-refractivity contribution in [2.24, 2.45) is 11.7 Å². The Morgan fingerprint density at radius 3 is 2.44 bits per heavy atom. The summed E-state index contributed by atoms with van der Waals surface area (Å²) in [4.78, 5) is 0. The van der Waals surface area contributed by atoms with Crippen LogP contribution in [-0.4, -0.2) is 19.3 Å². The Labute approximate surface area is 110 Å². The Kier molecular flexibility index (Phi) is 5.99. The van der Waals surface area contributed by atoms with Gasteiger partial charge in [-0.3, -0.25) is 0 Å². The first-order valence-electron chi connectivity index (χ1n) is 6.67. The SMILES string of the molecule is CCOc1cccc(CC(C)N)c1OCC(C)C. The Bertz CT molecular complexity index is 362. The zero-order chi connectivity index (χ0) is 13.5. The molecule has 1 unspecified atom stereocenters. The smallest absolute Gasteiger partial charge is 0.164 e. The van der Waals surface area contributed by atoms with E-state index in [-0.39, 0.29) is 6.04 Å². The van der Waals surface area contributed by atoms with Crippen molar-refractivity contribution in [1.29, 1.82) is 0 Å². The van der Waals surface area contributed by atoms with Crippen LogP contribution >= 0.6 is 0 Å². The predicted molar refractivity (Wildman–Crippen MR) is 75.3 cm³/mol. The van der Waals surface area contributed by atoms with E-state index in [0.717, 1.165) is 23.5 Å². The number of nitrogens with two attached hydrogens (primary N) is 1. The van der Waals surface area contributed by atoms with E-state index in [2.05, 4.69) is 19.9 Å². The molecule has 0 spiro atoms. The fourth-order valence-corrected chi connectivity index (χ4v) is 1.75. The Balaban J connectivity index is 2.96. The second-order valence-electron chi connectivity index (χ2n) is 5.06. The van der Waals surface area contributed by atoms with Gasteiger partial charge in [0, 0.05) is 6.04 Å². The van der Waals surface area contributed by atoms with Gasteiger partial charge in [-0.2, -0.15) is 0 Å². The van der Waals surface area contributed by atoms with Gasteiger partial charge in [-0.05, 0) is 37.8 Å². The van der Waals surface area contributed by atoms with Gasteiger partial charge in [0.15, 0.2) is 11.5 Å². The van der Waals surface area contributed by atoms with Gasteiger partial charge in [-0.15, -0.1) is 0 Å². The molecule has 0 radical (unpaired) electrons. The molecule has 0 saturated heterocycles. The molecule has 0 aliphatic heterocycles. The van der Waals surface area contributed by atoms with Crippen molar-refractivity contribution < 1.29 is 9.47 Å². The summed E-state index contributed by atoms with van der Waals surface area (Å²) < 4.78 is 11.5. The van der Waals surface area contributed by atoms with Gasteiger partial charge < -0.3 is 15.2 Å². The quantitative estimate of drug-likeness (QED) is 0.810. The minimum atomic E-state index is 0.114. The van der Waals surface area contributed by atoms with Crippen LogP contribution < -0.4 is 15.2 Å². The number of benzene rings is 1. The van der Waals surface area contributed by atoms with Gasteiger partial charge in [-0.1, -0.05) is 26.0 Å². The lowest BCUT2D eigenvalue weighted by Gasteiger charge is -2.18. The van der Waals surface area contributed by atoms with Crippen LogP contribution in [-0.2, 0) is 6.42 Å². The molecule has 0 amide bonds. The summed E-state index contributed by atoms with van der Waals surface area (Å²) in [7, 11) is 0. The number of hydrogen-bond donors (Lipinski definition) is 1. The summed E-state index contributed by atoms with van der Waals surface area (Å²) in [6.45, 7) is 9.57. The van der Waals surface area contributed by atoms with E-state index < -0.39 is 0 Å². The molecule has 2 N–H and O–H groups in total. The van der Waals surface area contributed by atoms with Gasteiger partial charge in [0.05, 0.1) is 13.2 Å². The molecule has 0 fully saturated rings. The molecular formula is C15H25NO2. The molecule has 18 heavy (non-hydrogen) atoms. The molecule has 0 saturated carbocycles. The van der Waals surface area contributed by atoms with E-state index >= 15 is 0 Å². The predicted octanol–water partition coefficient (Wildman–Crippen LogP) is 3.01. The molecule has 0 heterocycles. The lowest BCUT2D eigenvalue weighted by molar-refractivity contribution is 0.245. The summed E-state index contributed by atoms with van der Waals surface area (Å²) >= 11 is 0. The standard InChI is InChI=1S/C15H25NO2/c1-5-17-14-8-6-7-13(9-12(4)16)15(14)18-10-11(2)3/h6-8,11-12H,5,9-10,16H2,1-4H3. The minimum Gasteiger partial charge on any atom is -0.490 e. The molecule has 1 atom stereocenters. The highest BCUT2D eigenvalue weighted by atomic mass is 16.5. The summed E-state index contributed by atoms with van der Waals surface area (Å²) in [5.41, 5.74) is 7.00. The first kappa shape index (κ1) is 14.8. The lowest BCUT2D eigenvalue weighted by atomic mass is 10.1. The van der Waals surface area contributed by atoms with Crippen molar-refractivity contribution in [2.75, 3.05) is 13.2 Å². The van der Waals surface area contributed by atoms with Crippen LogP contribution in [0.2, 0.25) is 0 Å². The molecule has 0 bridgehead atoms. The van der Waals surface area contributed by atoms with E-state index in [1.54, 1.807) is 0 Å². The fraction of sp³-hybridized carbons (Fsp3) is 0.600. The molecule has 3 heteroatoms. The highest BCUT2D eigenvalue weighted by Crippen LogP contribution is 2.32. The molecule has 0 aromatic heterocycles. The van der Waals surface area contributed by atoms with Crippen LogP contribution in [0.1, 0.15) is 33.3 Å². The third kappa shape index (κ3) is 4.57. The summed E-state index contributed by atoms with van der Waals surface area (Å²) in [6.07, 6.45) is 0.800. The Morgan fingerprint density at radius 1 is 1.17 bits per heavy atom. The largest absolute Gasteiger partial charge is 0.490 e. The van der Waals surface area contributed by atoms with Crippen molar-refractivity contribution >= 4 is 0 Å². The minimum absolute atomic E-state index is 0.114. The van der Waals surface area contributed by atoms with E-state index in [1.165, 1.54) is 0 Å². The average Bonchev–Trinajstić information content (AvgIpc) is 2.27. The maximum absolute atomic E-state index is 5.90. The van der Waals surface area contributed by atoms with E-state index in [1.807, 2.05) is 26.0 Å². The average molecular weight is 251 g/mol. The normalized spacial score (nSPS) is 12.6. The monoisotopic (exact) mass is 251 g/mol. The van der Waals surface area contributed by atoms with Gasteiger partial charge >= 0.3 is 0 Å². The second-order valence-corrected chi connectivity index (χ2v) is 5.06. The molecule has 1 aromatic rings. The molecule has 3 nitrogen and oxygen atoms in total. The van der Waals surface area contributed by atoms with Crippen LogP contribution in [0.3, 0.4) is 0 Å².